The van der Waals surface area contributed by atoms with Crippen LogP contribution in [0.15, 0.2) is 24.4 Å². The van der Waals surface area contributed by atoms with Crippen molar-refractivity contribution in [1.82, 2.24) is 14.8 Å². The number of aliphatic hydroxyl groups excluding tert-OH is 1. The topological polar surface area (TPSA) is 40.4 Å². The summed E-state index contributed by atoms with van der Waals surface area (Å²) >= 11 is 0. The molecule has 1 aromatic carbocycles. The van der Waals surface area contributed by atoms with Gasteiger partial charge in [0.25, 0.3) is 0 Å². The molecule has 1 fully saturated rings. The normalized spacial score (nSPS) is 16.7. The van der Waals surface area contributed by atoms with E-state index in [2.05, 4.69) is 46.1 Å². The van der Waals surface area contributed by atoms with Crippen molar-refractivity contribution in [2.45, 2.75) is 19.9 Å². The molecule has 4 nitrogen and oxygen atoms in total. The number of rotatable bonds is 5. The van der Waals surface area contributed by atoms with Gasteiger partial charge in [0, 0.05) is 56.4 Å². The van der Waals surface area contributed by atoms with Crippen molar-refractivity contribution < 1.29 is 5.11 Å². The molecule has 0 radical (unpaired) electrons. The van der Waals surface area contributed by atoms with Gasteiger partial charge in [-0.3, -0.25) is 0 Å². The maximum atomic E-state index is 9.24. The Labute approximate surface area is 126 Å². The molecular weight excluding hydrogens is 262 g/mol. The molecule has 1 aromatic heterocycles. The minimum Gasteiger partial charge on any atom is -0.395 e. The van der Waals surface area contributed by atoms with Crippen LogP contribution in [0, 0.1) is 6.92 Å². The lowest BCUT2D eigenvalue weighted by Gasteiger charge is -2.26. The molecule has 21 heavy (non-hydrogen) atoms. The van der Waals surface area contributed by atoms with Gasteiger partial charge in [-0.25, -0.2) is 0 Å². The van der Waals surface area contributed by atoms with Crippen LogP contribution in [0.5, 0.6) is 0 Å². The van der Waals surface area contributed by atoms with Crippen LogP contribution in [0.4, 0.5) is 0 Å². The number of fused-ring (bicyclic) bond motifs is 1. The number of aryl methyl sites for hydroxylation is 1. The van der Waals surface area contributed by atoms with Gasteiger partial charge in [0.15, 0.2) is 0 Å². The molecule has 0 unspecified atom stereocenters. The first kappa shape index (κ1) is 14.6. The van der Waals surface area contributed by atoms with E-state index in [1.165, 1.54) is 22.0 Å². The largest absolute Gasteiger partial charge is 0.395 e. The number of aliphatic hydroxyl groups is 1. The summed E-state index contributed by atoms with van der Waals surface area (Å²) in [5, 5.41) is 14.0. The van der Waals surface area contributed by atoms with Crippen molar-refractivity contribution in [3.8, 4) is 0 Å². The first-order valence-electron chi connectivity index (χ1n) is 7.90. The Hall–Kier alpha value is -1.36. The maximum absolute atomic E-state index is 9.24. The van der Waals surface area contributed by atoms with E-state index < -0.39 is 0 Å². The summed E-state index contributed by atoms with van der Waals surface area (Å²) in [7, 11) is 0. The fourth-order valence-corrected chi connectivity index (χ4v) is 3.19. The van der Waals surface area contributed by atoms with Crippen LogP contribution in [0.2, 0.25) is 0 Å². The third-order valence-electron chi connectivity index (χ3n) is 4.37. The summed E-state index contributed by atoms with van der Waals surface area (Å²) in [5.41, 5.74) is 3.94. The summed E-state index contributed by atoms with van der Waals surface area (Å²) in [4.78, 5) is 2.53. The zero-order valence-electron chi connectivity index (χ0n) is 12.8. The third kappa shape index (κ3) is 3.28. The fourth-order valence-electron chi connectivity index (χ4n) is 3.19. The number of hydrogen-bond donors (Lipinski definition) is 2. The lowest BCUT2D eigenvalue weighted by molar-refractivity contribution is 0.244. The van der Waals surface area contributed by atoms with Crippen LogP contribution in [-0.4, -0.2) is 53.9 Å². The van der Waals surface area contributed by atoms with Crippen LogP contribution in [0.1, 0.15) is 11.1 Å². The summed E-state index contributed by atoms with van der Waals surface area (Å²) in [5.74, 6) is 0. The quantitative estimate of drug-likeness (QED) is 0.873. The molecule has 0 aliphatic carbocycles. The molecule has 3 rings (SSSR count). The van der Waals surface area contributed by atoms with Crippen molar-refractivity contribution in [2.24, 2.45) is 0 Å². The predicted molar refractivity (Wildman–Crippen MR) is 86.8 cm³/mol. The van der Waals surface area contributed by atoms with Gasteiger partial charge in [0.2, 0.25) is 0 Å². The van der Waals surface area contributed by atoms with Gasteiger partial charge in [-0.2, -0.15) is 0 Å². The van der Waals surface area contributed by atoms with Crippen LogP contribution >= 0.6 is 0 Å². The average Bonchev–Trinajstić information content (AvgIpc) is 2.84. The molecule has 0 amide bonds. The van der Waals surface area contributed by atoms with Gasteiger partial charge < -0.3 is 19.9 Å². The monoisotopic (exact) mass is 287 g/mol. The molecule has 114 valence electrons. The van der Waals surface area contributed by atoms with Gasteiger partial charge in [0.1, 0.15) is 0 Å². The van der Waals surface area contributed by atoms with Gasteiger partial charge in [-0.1, -0.05) is 11.6 Å². The Balaban J connectivity index is 1.81. The summed E-state index contributed by atoms with van der Waals surface area (Å²) < 4.78 is 2.18. The number of hydrogen-bond acceptors (Lipinski definition) is 3. The van der Waals surface area contributed by atoms with Gasteiger partial charge >= 0.3 is 0 Å². The van der Waals surface area contributed by atoms with E-state index in [4.69, 9.17) is 0 Å². The zero-order valence-corrected chi connectivity index (χ0v) is 12.8. The second-order valence-electron chi connectivity index (χ2n) is 5.93. The lowest BCUT2D eigenvalue weighted by Crippen LogP contribution is -2.44. The first-order valence-corrected chi connectivity index (χ1v) is 7.90. The van der Waals surface area contributed by atoms with Gasteiger partial charge in [-0.05, 0) is 31.0 Å². The Morgan fingerprint density at radius 3 is 2.76 bits per heavy atom. The van der Waals surface area contributed by atoms with Crippen LogP contribution in [0.25, 0.3) is 10.9 Å². The van der Waals surface area contributed by atoms with E-state index in [0.717, 1.165) is 39.1 Å². The number of nitrogens with one attached hydrogen (secondary N) is 1. The minimum atomic E-state index is 0.189. The highest BCUT2D eigenvalue weighted by atomic mass is 16.3. The van der Waals surface area contributed by atoms with E-state index in [1.54, 1.807) is 0 Å². The number of aromatic nitrogens is 1. The summed E-state index contributed by atoms with van der Waals surface area (Å²) in [6.07, 6.45) is 3.31. The smallest absolute Gasteiger partial charge is 0.0610 e. The van der Waals surface area contributed by atoms with E-state index in [0.29, 0.717) is 6.54 Å². The highest BCUT2D eigenvalue weighted by molar-refractivity contribution is 5.84. The van der Waals surface area contributed by atoms with Crippen LogP contribution in [0.3, 0.4) is 0 Å². The lowest BCUT2D eigenvalue weighted by atomic mass is 10.1. The Morgan fingerprint density at radius 1 is 1.19 bits per heavy atom. The third-order valence-corrected chi connectivity index (χ3v) is 4.37. The first-order chi connectivity index (χ1) is 10.3. The maximum Gasteiger partial charge on any atom is 0.0610 e. The fraction of sp³-hybridized carbons (Fsp3) is 0.529. The Bertz CT molecular complexity index is 599. The molecule has 0 bridgehead atoms. The van der Waals surface area contributed by atoms with E-state index in [-0.39, 0.29) is 6.61 Å². The molecule has 0 spiro atoms. The van der Waals surface area contributed by atoms with Crippen molar-refractivity contribution in [2.75, 3.05) is 39.3 Å². The number of nitrogens with zero attached hydrogens (tertiary/aromatic N) is 2. The molecule has 1 aliphatic heterocycles. The molecule has 0 atom stereocenters. The standard InChI is InChI=1S/C17H25N3O/c1-14-2-3-17-16(12-14)15(13-20(17)10-11-21)4-7-19-8-5-18-6-9-19/h2-3,12-13,18,21H,4-11H2,1H3. The number of piperazine rings is 1. The molecule has 2 N–H and O–H groups in total. The van der Waals surface area contributed by atoms with Crippen molar-refractivity contribution in [3.63, 3.8) is 0 Å². The average molecular weight is 287 g/mol. The molecule has 0 saturated carbocycles. The van der Waals surface area contributed by atoms with Gasteiger partial charge in [0.05, 0.1) is 6.61 Å². The molecule has 2 aromatic rings. The summed E-state index contributed by atoms with van der Waals surface area (Å²) in [6.45, 7) is 8.62. The molecule has 1 saturated heterocycles. The Morgan fingerprint density at radius 2 is 2.00 bits per heavy atom. The zero-order chi connectivity index (χ0) is 14.7. The predicted octanol–water partition coefficient (Wildman–Crippen LogP) is 1.39. The van der Waals surface area contributed by atoms with E-state index in [9.17, 15) is 5.11 Å². The van der Waals surface area contributed by atoms with Crippen molar-refractivity contribution >= 4 is 10.9 Å². The number of benzene rings is 1. The van der Waals surface area contributed by atoms with Crippen molar-refractivity contribution in [1.29, 1.82) is 0 Å². The minimum absolute atomic E-state index is 0.189. The molecule has 1 aliphatic rings. The Kier molecular flexibility index (Phi) is 4.58. The van der Waals surface area contributed by atoms with Crippen LogP contribution < -0.4 is 5.32 Å². The van der Waals surface area contributed by atoms with E-state index in [1.807, 2.05) is 0 Å². The second kappa shape index (κ2) is 6.60. The highest BCUT2D eigenvalue weighted by Crippen LogP contribution is 2.23. The molecular formula is C17H25N3O. The molecule has 2 heterocycles. The van der Waals surface area contributed by atoms with Gasteiger partial charge in [-0.15, -0.1) is 0 Å². The van der Waals surface area contributed by atoms with E-state index >= 15 is 0 Å². The highest BCUT2D eigenvalue weighted by Gasteiger charge is 2.12. The summed E-state index contributed by atoms with van der Waals surface area (Å²) in [6, 6.07) is 6.60. The second-order valence-corrected chi connectivity index (χ2v) is 5.93. The SMILES string of the molecule is Cc1ccc2c(c1)c(CCN1CCNCC1)cn2CCO. The van der Waals surface area contributed by atoms with Crippen LogP contribution in [-0.2, 0) is 13.0 Å². The molecule has 4 heteroatoms. The van der Waals surface area contributed by atoms with Crippen molar-refractivity contribution in [3.05, 3.63) is 35.5 Å².